The molecule has 1 aromatic rings. The highest BCUT2D eigenvalue weighted by molar-refractivity contribution is 5.89. The lowest BCUT2D eigenvalue weighted by molar-refractivity contribution is -0.262. The maximum Gasteiger partial charge on any atom is 0.338 e. The van der Waals surface area contributed by atoms with Gasteiger partial charge in [-0.3, -0.25) is 9.59 Å². The molecule has 2 rings (SSSR count). The molecular formula is C17H20O8. The molecule has 0 aromatic heterocycles. The maximum atomic E-state index is 11.9. The molecule has 136 valence electrons. The SMILES string of the molecule is CC(=O)O[C@@H]1[C@@H](OC(C)=O)C[C@@H](COC(=O)c2ccccc2)O[C@@H]1O. The van der Waals surface area contributed by atoms with E-state index in [1.807, 2.05) is 0 Å². The number of ether oxygens (including phenoxy) is 4. The van der Waals surface area contributed by atoms with Crippen molar-refractivity contribution in [3.63, 3.8) is 0 Å². The average molecular weight is 352 g/mol. The molecule has 1 N–H and O–H groups in total. The van der Waals surface area contributed by atoms with Gasteiger partial charge in [0.2, 0.25) is 0 Å². The largest absolute Gasteiger partial charge is 0.459 e. The highest BCUT2D eigenvalue weighted by Crippen LogP contribution is 2.25. The number of aliphatic hydroxyl groups is 1. The zero-order valence-electron chi connectivity index (χ0n) is 13.9. The van der Waals surface area contributed by atoms with Gasteiger partial charge in [0.25, 0.3) is 0 Å². The summed E-state index contributed by atoms with van der Waals surface area (Å²) in [5, 5.41) is 10.0. The third-order valence-electron chi connectivity index (χ3n) is 3.50. The van der Waals surface area contributed by atoms with Crippen LogP contribution in [0.15, 0.2) is 30.3 Å². The lowest BCUT2D eigenvalue weighted by Crippen LogP contribution is -2.52. The van der Waals surface area contributed by atoms with Gasteiger partial charge in [-0.1, -0.05) is 18.2 Å². The minimum atomic E-state index is -1.50. The molecule has 0 amide bonds. The standard InChI is InChI=1S/C17H20O8/c1-10(18)23-14-8-13(25-17(21)15(14)24-11(2)19)9-22-16(20)12-6-4-3-5-7-12/h3-7,13-15,17,21H,8-9H2,1-2H3/t13-,14-,15+,17-/m0/s1. The molecule has 1 heterocycles. The fraction of sp³-hybridized carbons (Fsp3) is 0.471. The minimum absolute atomic E-state index is 0.108. The van der Waals surface area contributed by atoms with Crippen LogP contribution in [0.3, 0.4) is 0 Å². The molecule has 1 aliphatic rings. The van der Waals surface area contributed by atoms with Gasteiger partial charge in [0.15, 0.2) is 12.4 Å². The second-order valence-corrected chi connectivity index (χ2v) is 5.57. The molecule has 8 nitrogen and oxygen atoms in total. The Balaban J connectivity index is 1.97. The van der Waals surface area contributed by atoms with Gasteiger partial charge in [0, 0.05) is 20.3 Å². The first kappa shape index (κ1) is 18.9. The van der Waals surface area contributed by atoms with Crippen LogP contribution in [-0.4, -0.2) is 54.2 Å². The maximum absolute atomic E-state index is 11.9. The number of hydrogen-bond acceptors (Lipinski definition) is 8. The third kappa shape index (κ3) is 5.54. The first-order valence-corrected chi connectivity index (χ1v) is 7.77. The molecule has 0 unspecified atom stereocenters. The molecule has 0 spiro atoms. The van der Waals surface area contributed by atoms with Crippen molar-refractivity contribution < 1.29 is 38.4 Å². The monoisotopic (exact) mass is 352 g/mol. The molecule has 0 saturated carbocycles. The highest BCUT2D eigenvalue weighted by atomic mass is 16.7. The van der Waals surface area contributed by atoms with Gasteiger partial charge in [0.05, 0.1) is 11.7 Å². The molecule has 0 bridgehead atoms. The molecule has 8 heteroatoms. The van der Waals surface area contributed by atoms with Crippen molar-refractivity contribution >= 4 is 17.9 Å². The van der Waals surface area contributed by atoms with Gasteiger partial charge in [-0.25, -0.2) is 4.79 Å². The van der Waals surface area contributed by atoms with Crippen LogP contribution in [0.1, 0.15) is 30.6 Å². The molecular weight excluding hydrogens is 332 g/mol. The predicted octanol–water partition coefficient (Wildman–Crippen LogP) is 0.814. The van der Waals surface area contributed by atoms with Crippen molar-refractivity contribution in [1.29, 1.82) is 0 Å². The molecule has 1 aliphatic heterocycles. The summed E-state index contributed by atoms with van der Waals surface area (Å²) >= 11 is 0. The van der Waals surface area contributed by atoms with Crippen LogP contribution < -0.4 is 0 Å². The van der Waals surface area contributed by atoms with Crippen LogP contribution in [0, 0.1) is 0 Å². The number of benzene rings is 1. The normalized spacial score (nSPS) is 25.7. The summed E-state index contributed by atoms with van der Waals surface area (Å²) in [7, 11) is 0. The summed E-state index contributed by atoms with van der Waals surface area (Å²) in [5.41, 5.74) is 0.383. The molecule has 0 radical (unpaired) electrons. The quantitative estimate of drug-likeness (QED) is 0.613. The Morgan fingerprint density at radius 3 is 2.36 bits per heavy atom. The second-order valence-electron chi connectivity index (χ2n) is 5.57. The summed E-state index contributed by atoms with van der Waals surface area (Å²) in [4.78, 5) is 34.3. The number of carbonyl (C=O) groups is 3. The summed E-state index contributed by atoms with van der Waals surface area (Å²) in [6.45, 7) is 2.23. The zero-order chi connectivity index (χ0) is 18.4. The fourth-order valence-corrected chi connectivity index (χ4v) is 2.49. The molecule has 1 fully saturated rings. The number of esters is 3. The van der Waals surface area contributed by atoms with E-state index in [4.69, 9.17) is 18.9 Å². The Morgan fingerprint density at radius 2 is 1.76 bits per heavy atom. The van der Waals surface area contributed by atoms with Gasteiger partial charge < -0.3 is 24.1 Å². The van der Waals surface area contributed by atoms with E-state index >= 15 is 0 Å². The van der Waals surface area contributed by atoms with Gasteiger partial charge in [-0.05, 0) is 12.1 Å². The number of aliphatic hydroxyl groups excluding tert-OH is 1. The number of hydrogen-bond donors (Lipinski definition) is 1. The number of rotatable bonds is 5. The van der Waals surface area contributed by atoms with Gasteiger partial charge in [0.1, 0.15) is 12.7 Å². The van der Waals surface area contributed by atoms with E-state index in [0.29, 0.717) is 5.56 Å². The van der Waals surface area contributed by atoms with Gasteiger partial charge >= 0.3 is 17.9 Å². The van der Waals surface area contributed by atoms with Crippen molar-refractivity contribution in [2.45, 2.75) is 44.9 Å². The topological polar surface area (TPSA) is 108 Å². The second kappa shape index (κ2) is 8.59. The van der Waals surface area contributed by atoms with Crippen LogP contribution in [0.4, 0.5) is 0 Å². The fourth-order valence-electron chi connectivity index (χ4n) is 2.49. The third-order valence-corrected chi connectivity index (χ3v) is 3.50. The first-order chi connectivity index (χ1) is 11.9. The summed E-state index contributed by atoms with van der Waals surface area (Å²) in [5.74, 6) is -1.76. The van der Waals surface area contributed by atoms with E-state index in [0.717, 1.165) is 0 Å². The zero-order valence-corrected chi connectivity index (χ0v) is 13.9. The lowest BCUT2D eigenvalue weighted by Gasteiger charge is -2.37. The van der Waals surface area contributed by atoms with E-state index in [1.54, 1.807) is 30.3 Å². The van der Waals surface area contributed by atoms with Crippen LogP contribution in [0.25, 0.3) is 0 Å². The van der Waals surface area contributed by atoms with Crippen LogP contribution in [0.5, 0.6) is 0 Å². The summed E-state index contributed by atoms with van der Waals surface area (Å²) < 4.78 is 20.5. The van der Waals surface area contributed by atoms with Crippen molar-refractivity contribution in [2.24, 2.45) is 0 Å². The Morgan fingerprint density at radius 1 is 1.12 bits per heavy atom. The van der Waals surface area contributed by atoms with E-state index in [2.05, 4.69) is 0 Å². The Kier molecular flexibility index (Phi) is 6.49. The number of carbonyl (C=O) groups excluding carboxylic acids is 3. The smallest absolute Gasteiger partial charge is 0.338 e. The van der Waals surface area contributed by atoms with Crippen LogP contribution in [0.2, 0.25) is 0 Å². The van der Waals surface area contributed by atoms with E-state index in [-0.39, 0.29) is 13.0 Å². The van der Waals surface area contributed by atoms with Crippen molar-refractivity contribution in [3.05, 3.63) is 35.9 Å². The van der Waals surface area contributed by atoms with Crippen molar-refractivity contribution in [2.75, 3.05) is 6.61 Å². The lowest BCUT2D eigenvalue weighted by atomic mass is 10.0. The van der Waals surface area contributed by atoms with E-state index in [1.165, 1.54) is 13.8 Å². The van der Waals surface area contributed by atoms with Gasteiger partial charge in [-0.2, -0.15) is 0 Å². The Labute approximate surface area is 144 Å². The minimum Gasteiger partial charge on any atom is -0.459 e. The average Bonchev–Trinajstić information content (AvgIpc) is 2.56. The first-order valence-electron chi connectivity index (χ1n) is 7.77. The van der Waals surface area contributed by atoms with E-state index < -0.39 is 42.5 Å². The Bertz CT molecular complexity index is 614. The van der Waals surface area contributed by atoms with E-state index in [9.17, 15) is 19.5 Å². The van der Waals surface area contributed by atoms with Crippen LogP contribution in [-0.2, 0) is 28.5 Å². The molecule has 0 aliphatic carbocycles. The molecule has 25 heavy (non-hydrogen) atoms. The van der Waals surface area contributed by atoms with Crippen molar-refractivity contribution in [1.82, 2.24) is 0 Å². The predicted molar refractivity (Wildman–Crippen MR) is 83.3 cm³/mol. The highest BCUT2D eigenvalue weighted by Gasteiger charge is 2.42. The molecule has 1 aromatic carbocycles. The summed E-state index contributed by atoms with van der Waals surface area (Å²) in [6.07, 6.45) is -4.13. The summed E-state index contributed by atoms with van der Waals surface area (Å²) in [6, 6.07) is 8.40. The Hall–Kier alpha value is -2.45. The van der Waals surface area contributed by atoms with Gasteiger partial charge in [-0.15, -0.1) is 0 Å². The molecule has 4 atom stereocenters. The van der Waals surface area contributed by atoms with Crippen molar-refractivity contribution in [3.8, 4) is 0 Å². The van der Waals surface area contributed by atoms with Crippen LogP contribution >= 0.6 is 0 Å². The molecule has 1 saturated heterocycles.